The standard InChI is InChI=1S/C13H22N2OS/c1-2-4-13-14-12(10-17-13)8-15-6-3-5-11(7-15)9-16/h10-11,16H,2-9H2,1H3. The Morgan fingerprint density at radius 3 is 3.24 bits per heavy atom. The summed E-state index contributed by atoms with van der Waals surface area (Å²) in [4.78, 5) is 7.09. The first kappa shape index (κ1) is 13.0. The Hall–Kier alpha value is -0.450. The summed E-state index contributed by atoms with van der Waals surface area (Å²) in [7, 11) is 0. The molecule has 1 fully saturated rings. The number of rotatable bonds is 5. The Morgan fingerprint density at radius 2 is 2.47 bits per heavy atom. The van der Waals surface area contributed by atoms with E-state index in [1.165, 1.54) is 30.0 Å². The molecule has 1 N–H and O–H groups in total. The highest BCUT2D eigenvalue weighted by molar-refractivity contribution is 7.09. The van der Waals surface area contributed by atoms with E-state index in [-0.39, 0.29) is 0 Å². The van der Waals surface area contributed by atoms with Crippen molar-refractivity contribution in [3.8, 4) is 0 Å². The fourth-order valence-corrected chi connectivity index (χ4v) is 3.31. The van der Waals surface area contributed by atoms with Gasteiger partial charge >= 0.3 is 0 Å². The summed E-state index contributed by atoms with van der Waals surface area (Å²) in [6.07, 6.45) is 4.65. The van der Waals surface area contributed by atoms with Gasteiger partial charge in [-0.05, 0) is 38.1 Å². The third-order valence-corrected chi connectivity index (χ3v) is 4.27. The van der Waals surface area contributed by atoms with Crippen LogP contribution in [0.2, 0.25) is 0 Å². The molecule has 4 heteroatoms. The number of aliphatic hydroxyl groups excluding tert-OH is 1. The maximum Gasteiger partial charge on any atom is 0.0928 e. The second kappa shape index (κ2) is 6.47. The van der Waals surface area contributed by atoms with Crippen molar-refractivity contribution < 1.29 is 5.11 Å². The minimum atomic E-state index is 0.328. The van der Waals surface area contributed by atoms with E-state index in [2.05, 4.69) is 22.2 Å². The number of thiazole rings is 1. The summed E-state index contributed by atoms with van der Waals surface area (Å²) in [5, 5.41) is 12.7. The number of aryl methyl sites for hydroxylation is 1. The lowest BCUT2D eigenvalue weighted by Gasteiger charge is -2.31. The van der Waals surface area contributed by atoms with E-state index >= 15 is 0 Å². The van der Waals surface area contributed by atoms with Gasteiger partial charge in [0.25, 0.3) is 0 Å². The van der Waals surface area contributed by atoms with E-state index < -0.39 is 0 Å². The quantitative estimate of drug-likeness (QED) is 0.876. The summed E-state index contributed by atoms with van der Waals surface area (Å²) in [5.74, 6) is 0.470. The predicted molar refractivity (Wildman–Crippen MR) is 71.2 cm³/mol. The molecule has 2 heterocycles. The van der Waals surface area contributed by atoms with Crippen molar-refractivity contribution in [1.29, 1.82) is 0 Å². The van der Waals surface area contributed by atoms with Crippen LogP contribution in [0.3, 0.4) is 0 Å². The Morgan fingerprint density at radius 1 is 1.59 bits per heavy atom. The third-order valence-electron chi connectivity index (χ3n) is 3.31. The number of hydrogen-bond acceptors (Lipinski definition) is 4. The van der Waals surface area contributed by atoms with Crippen LogP contribution in [-0.4, -0.2) is 34.7 Å². The lowest BCUT2D eigenvalue weighted by Crippen LogP contribution is -2.36. The highest BCUT2D eigenvalue weighted by Gasteiger charge is 2.19. The van der Waals surface area contributed by atoms with Gasteiger partial charge in [0.05, 0.1) is 10.7 Å². The predicted octanol–water partition coefficient (Wildman–Crippen LogP) is 2.30. The summed E-state index contributed by atoms with van der Waals surface area (Å²) < 4.78 is 0. The number of hydrogen-bond donors (Lipinski definition) is 1. The average Bonchev–Trinajstić information content (AvgIpc) is 2.77. The van der Waals surface area contributed by atoms with Gasteiger partial charge in [0.1, 0.15) is 0 Å². The molecule has 1 unspecified atom stereocenters. The lowest BCUT2D eigenvalue weighted by atomic mass is 9.99. The fourth-order valence-electron chi connectivity index (χ4n) is 2.42. The van der Waals surface area contributed by atoms with Gasteiger partial charge in [0.15, 0.2) is 0 Å². The van der Waals surface area contributed by atoms with E-state index in [0.717, 1.165) is 26.1 Å². The SMILES string of the molecule is CCCc1nc(CN2CCCC(CO)C2)cs1. The van der Waals surface area contributed by atoms with Crippen molar-refractivity contribution in [3.63, 3.8) is 0 Å². The monoisotopic (exact) mass is 254 g/mol. The van der Waals surface area contributed by atoms with Gasteiger partial charge < -0.3 is 5.11 Å². The van der Waals surface area contributed by atoms with E-state index in [1.807, 2.05) is 0 Å². The van der Waals surface area contributed by atoms with Crippen LogP contribution in [0.5, 0.6) is 0 Å². The topological polar surface area (TPSA) is 36.4 Å². The van der Waals surface area contributed by atoms with Crippen LogP contribution in [0.1, 0.15) is 36.9 Å². The van der Waals surface area contributed by atoms with Crippen molar-refractivity contribution in [3.05, 3.63) is 16.1 Å². The molecule has 0 bridgehead atoms. The highest BCUT2D eigenvalue weighted by atomic mass is 32.1. The molecule has 0 radical (unpaired) electrons. The first-order chi connectivity index (χ1) is 8.31. The van der Waals surface area contributed by atoms with Crippen LogP contribution in [-0.2, 0) is 13.0 Å². The Balaban J connectivity index is 1.86. The third kappa shape index (κ3) is 3.76. The van der Waals surface area contributed by atoms with E-state index in [1.54, 1.807) is 11.3 Å². The van der Waals surface area contributed by atoms with Crippen molar-refractivity contribution in [2.45, 2.75) is 39.2 Å². The first-order valence-electron chi connectivity index (χ1n) is 6.58. The molecule has 3 nitrogen and oxygen atoms in total. The molecular formula is C13H22N2OS. The number of likely N-dealkylation sites (tertiary alicyclic amines) is 1. The molecule has 0 aliphatic carbocycles. The smallest absolute Gasteiger partial charge is 0.0928 e. The lowest BCUT2D eigenvalue weighted by molar-refractivity contribution is 0.115. The van der Waals surface area contributed by atoms with Crippen molar-refractivity contribution in [2.75, 3.05) is 19.7 Å². The molecule has 0 aromatic carbocycles. The maximum absolute atomic E-state index is 9.21. The zero-order valence-electron chi connectivity index (χ0n) is 10.6. The van der Waals surface area contributed by atoms with Gasteiger partial charge in [-0.3, -0.25) is 4.90 Å². The number of aromatic nitrogens is 1. The Labute approximate surface area is 107 Å². The second-order valence-electron chi connectivity index (χ2n) is 4.91. The van der Waals surface area contributed by atoms with E-state index in [4.69, 9.17) is 0 Å². The van der Waals surface area contributed by atoms with Crippen LogP contribution in [0.4, 0.5) is 0 Å². The maximum atomic E-state index is 9.21. The molecule has 1 atom stereocenters. The molecule has 0 spiro atoms. The number of aliphatic hydroxyl groups is 1. The molecule has 1 aromatic rings. The number of nitrogens with zero attached hydrogens (tertiary/aromatic N) is 2. The van der Waals surface area contributed by atoms with Gasteiger partial charge in [-0.15, -0.1) is 11.3 Å². The van der Waals surface area contributed by atoms with Crippen molar-refractivity contribution >= 4 is 11.3 Å². The molecular weight excluding hydrogens is 232 g/mol. The molecule has 1 aromatic heterocycles. The van der Waals surface area contributed by atoms with Crippen molar-refractivity contribution in [2.24, 2.45) is 5.92 Å². The molecule has 1 aliphatic rings. The summed E-state index contributed by atoms with van der Waals surface area (Å²) in [6.45, 7) is 5.65. The Bertz CT molecular complexity index is 340. The number of piperidine rings is 1. The van der Waals surface area contributed by atoms with Crippen LogP contribution in [0.15, 0.2) is 5.38 Å². The molecule has 0 amide bonds. The van der Waals surface area contributed by atoms with Gasteiger partial charge in [-0.2, -0.15) is 0 Å². The molecule has 1 saturated heterocycles. The van der Waals surface area contributed by atoms with Crippen LogP contribution < -0.4 is 0 Å². The van der Waals surface area contributed by atoms with Crippen LogP contribution >= 0.6 is 11.3 Å². The second-order valence-corrected chi connectivity index (χ2v) is 5.85. The van der Waals surface area contributed by atoms with Gasteiger partial charge in [0, 0.05) is 25.1 Å². The zero-order valence-corrected chi connectivity index (χ0v) is 11.4. The van der Waals surface area contributed by atoms with E-state index in [9.17, 15) is 5.11 Å². The average molecular weight is 254 g/mol. The first-order valence-corrected chi connectivity index (χ1v) is 7.46. The van der Waals surface area contributed by atoms with Crippen LogP contribution in [0, 0.1) is 5.92 Å². The summed E-state index contributed by atoms with van der Waals surface area (Å²) in [5.41, 5.74) is 1.21. The molecule has 2 rings (SSSR count). The van der Waals surface area contributed by atoms with Crippen LogP contribution in [0.25, 0.3) is 0 Å². The fraction of sp³-hybridized carbons (Fsp3) is 0.769. The van der Waals surface area contributed by atoms with E-state index in [0.29, 0.717) is 12.5 Å². The molecule has 1 aliphatic heterocycles. The van der Waals surface area contributed by atoms with Gasteiger partial charge in [-0.1, -0.05) is 6.92 Å². The zero-order chi connectivity index (χ0) is 12.1. The van der Waals surface area contributed by atoms with Crippen molar-refractivity contribution in [1.82, 2.24) is 9.88 Å². The molecule has 0 saturated carbocycles. The summed E-state index contributed by atoms with van der Waals surface area (Å²) in [6, 6.07) is 0. The minimum Gasteiger partial charge on any atom is -0.396 e. The minimum absolute atomic E-state index is 0.328. The molecule has 17 heavy (non-hydrogen) atoms. The normalized spacial score (nSPS) is 21.9. The Kier molecular flexibility index (Phi) is 4.95. The summed E-state index contributed by atoms with van der Waals surface area (Å²) >= 11 is 1.78. The van der Waals surface area contributed by atoms with Gasteiger partial charge in [0.2, 0.25) is 0 Å². The highest BCUT2D eigenvalue weighted by Crippen LogP contribution is 2.19. The molecule has 96 valence electrons. The van der Waals surface area contributed by atoms with Gasteiger partial charge in [-0.25, -0.2) is 4.98 Å². The largest absolute Gasteiger partial charge is 0.396 e.